The molecule has 0 fully saturated rings. The first-order chi connectivity index (χ1) is 11.7. The largest absolute Gasteiger partial charge is 0.275 e. The Morgan fingerprint density at radius 3 is 1.65 bits per heavy atom. The van der Waals surface area contributed by atoms with Crippen LogP contribution in [0.3, 0.4) is 0 Å². The van der Waals surface area contributed by atoms with E-state index in [1.54, 1.807) is 27.7 Å². The number of carbonyl (C=O) groups excluding carboxylic acids is 2. The van der Waals surface area contributed by atoms with E-state index in [1.807, 2.05) is 0 Å². The van der Waals surface area contributed by atoms with E-state index in [1.165, 1.54) is 29.2 Å². The Morgan fingerprint density at radius 1 is 0.885 bits per heavy atom. The lowest BCUT2D eigenvalue weighted by Gasteiger charge is -2.21. The molecule has 26 heavy (non-hydrogen) atoms. The topological polar surface area (TPSA) is 37.4 Å². The fourth-order valence-corrected chi connectivity index (χ4v) is 2.52. The van der Waals surface area contributed by atoms with Gasteiger partial charge in [0.1, 0.15) is 11.6 Å². The molecule has 0 aliphatic carbocycles. The van der Waals surface area contributed by atoms with Crippen molar-refractivity contribution in [1.82, 2.24) is 4.90 Å². The highest BCUT2D eigenvalue weighted by molar-refractivity contribution is 6.12. The molecule has 0 saturated carbocycles. The Hall–Kier alpha value is -2.04. The molecule has 5 heteroatoms. The Balaban J connectivity index is 0.000000260. The third-order valence-corrected chi connectivity index (χ3v) is 3.92. The van der Waals surface area contributed by atoms with Crippen molar-refractivity contribution in [2.45, 2.75) is 60.3 Å². The summed E-state index contributed by atoms with van der Waals surface area (Å²) in [6.07, 6.45) is 3.49. The smallest absolute Gasteiger partial charge is 0.253 e. The maximum Gasteiger partial charge on any atom is 0.253 e. The van der Waals surface area contributed by atoms with E-state index in [9.17, 15) is 18.4 Å². The van der Waals surface area contributed by atoms with Crippen molar-refractivity contribution in [3.05, 3.63) is 47.0 Å². The monoisotopic (exact) mass is 365 g/mol. The number of carbonyl (C=O) groups is 2. The first kappa shape index (κ1) is 22.0. The summed E-state index contributed by atoms with van der Waals surface area (Å²) in [6.45, 7) is 13.9. The lowest BCUT2D eigenvalue weighted by atomic mass is 9.86. The lowest BCUT2D eigenvalue weighted by molar-refractivity contribution is -0.137. The van der Waals surface area contributed by atoms with Crippen LogP contribution in [0.4, 0.5) is 8.78 Å². The highest BCUT2D eigenvalue weighted by Crippen LogP contribution is 2.28. The molecule has 1 heterocycles. The van der Waals surface area contributed by atoms with Crippen LogP contribution in [0.15, 0.2) is 24.3 Å². The van der Waals surface area contributed by atoms with Crippen molar-refractivity contribution in [1.29, 1.82) is 0 Å². The minimum atomic E-state index is -0.484. The molecular weight excluding hydrogens is 336 g/mol. The zero-order chi connectivity index (χ0) is 20.3. The minimum absolute atomic E-state index is 0.156. The van der Waals surface area contributed by atoms with E-state index in [0.717, 1.165) is 6.42 Å². The van der Waals surface area contributed by atoms with E-state index in [4.69, 9.17) is 0 Å². The summed E-state index contributed by atoms with van der Waals surface area (Å²) in [6, 6.07) is 2.73. The average molecular weight is 365 g/mol. The van der Waals surface area contributed by atoms with Gasteiger partial charge in [-0.2, -0.15) is 0 Å². The number of hydrogen-bond donors (Lipinski definition) is 0. The van der Waals surface area contributed by atoms with Gasteiger partial charge < -0.3 is 0 Å². The van der Waals surface area contributed by atoms with E-state index in [-0.39, 0.29) is 22.8 Å². The van der Waals surface area contributed by atoms with Crippen molar-refractivity contribution in [3.8, 4) is 0 Å². The normalized spacial score (nSPS) is 14.6. The molecule has 0 aromatic heterocycles. The van der Waals surface area contributed by atoms with Gasteiger partial charge in [-0.1, -0.05) is 41.5 Å². The summed E-state index contributed by atoms with van der Waals surface area (Å²) in [5.41, 5.74) is 0.450. The fourth-order valence-electron chi connectivity index (χ4n) is 2.52. The summed E-state index contributed by atoms with van der Waals surface area (Å²) in [7, 11) is 0. The molecular formula is C21H29F2NO2. The molecule has 144 valence electrons. The Morgan fingerprint density at radius 2 is 1.31 bits per heavy atom. The van der Waals surface area contributed by atoms with Crippen LogP contribution >= 0.6 is 0 Å². The van der Waals surface area contributed by atoms with Crippen LogP contribution in [-0.4, -0.2) is 23.3 Å². The summed E-state index contributed by atoms with van der Waals surface area (Å²) >= 11 is 0. The molecule has 0 saturated heterocycles. The second kappa shape index (κ2) is 8.11. The van der Waals surface area contributed by atoms with Crippen molar-refractivity contribution < 1.29 is 18.4 Å². The Kier molecular flexibility index (Phi) is 6.86. The van der Waals surface area contributed by atoms with Crippen LogP contribution in [0.2, 0.25) is 0 Å². The van der Waals surface area contributed by atoms with Crippen LogP contribution in [0.5, 0.6) is 0 Å². The molecule has 0 N–H and O–H groups in total. The van der Waals surface area contributed by atoms with Gasteiger partial charge in [-0.15, -0.1) is 0 Å². The predicted octanol–water partition coefficient (Wildman–Crippen LogP) is 4.92. The van der Waals surface area contributed by atoms with Gasteiger partial charge in [-0.05, 0) is 41.9 Å². The molecule has 0 bridgehead atoms. The number of benzene rings is 1. The molecule has 0 atom stereocenters. The van der Waals surface area contributed by atoms with E-state index < -0.39 is 17.0 Å². The second-order valence-electron chi connectivity index (χ2n) is 8.83. The summed E-state index contributed by atoms with van der Waals surface area (Å²) < 4.78 is 26.7. The molecule has 1 aromatic carbocycles. The minimum Gasteiger partial charge on any atom is -0.275 e. The second-order valence-corrected chi connectivity index (χ2v) is 8.83. The fraction of sp³-hybridized carbons (Fsp3) is 0.524. The first-order valence-corrected chi connectivity index (χ1v) is 8.72. The van der Waals surface area contributed by atoms with Crippen molar-refractivity contribution >= 4 is 11.8 Å². The summed E-state index contributed by atoms with van der Waals surface area (Å²) in [5, 5.41) is 0. The number of nitrogens with zero attached hydrogens (tertiary/aromatic N) is 1. The number of rotatable bonds is 2. The molecule has 0 unspecified atom stereocenters. The van der Waals surface area contributed by atoms with E-state index >= 15 is 0 Å². The van der Waals surface area contributed by atoms with Crippen LogP contribution in [0.25, 0.3) is 0 Å². The van der Waals surface area contributed by atoms with Gasteiger partial charge in [0.25, 0.3) is 11.8 Å². The Bertz CT molecular complexity index is 669. The quantitative estimate of drug-likeness (QED) is 0.698. The third-order valence-electron chi connectivity index (χ3n) is 3.92. The highest BCUT2D eigenvalue weighted by Gasteiger charge is 2.25. The molecule has 2 rings (SSSR count). The van der Waals surface area contributed by atoms with Crippen molar-refractivity contribution in [3.63, 3.8) is 0 Å². The zero-order valence-corrected chi connectivity index (χ0v) is 16.7. The van der Waals surface area contributed by atoms with Gasteiger partial charge in [0.2, 0.25) is 0 Å². The van der Waals surface area contributed by atoms with Crippen LogP contribution in [0.1, 0.15) is 59.1 Å². The molecule has 1 aromatic rings. The SMILES string of the molecule is CC(C)(C)CCN1C(=O)C=CC1=O.Cc1cc(F)c(C(C)(C)C)c(F)c1. The maximum atomic E-state index is 13.4. The van der Waals surface area contributed by atoms with Crippen LogP contribution < -0.4 is 0 Å². The number of halogens is 2. The average Bonchev–Trinajstić information content (AvgIpc) is 2.72. The predicted molar refractivity (Wildman–Crippen MR) is 99.7 cm³/mol. The molecule has 2 amide bonds. The maximum absolute atomic E-state index is 13.4. The molecule has 3 nitrogen and oxygen atoms in total. The van der Waals surface area contributed by atoms with Crippen LogP contribution in [0, 0.1) is 24.0 Å². The van der Waals surface area contributed by atoms with Gasteiger partial charge >= 0.3 is 0 Å². The number of amides is 2. The summed E-state index contributed by atoms with van der Waals surface area (Å²) in [4.78, 5) is 23.5. The molecule has 0 radical (unpaired) electrons. The summed E-state index contributed by atoms with van der Waals surface area (Å²) in [5.74, 6) is -1.28. The third kappa shape index (κ3) is 6.36. The lowest BCUT2D eigenvalue weighted by Crippen LogP contribution is -2.32. The van der Waals surface area contributed by atoms with Crippen molar-refractivity contribution in [2.75, 3.05) is 6.54 Å². The zero-order valence-electron chi connectivity index (χ0n) is 16.7. The first-order valence-electron chi connectivity index (χ1n) is 8.72. The van der Waals surface area contributed by atoms with Gasteiger partial charge in [0.05, 0.1) is 0 Å². The van der Waals surface area contributed by atoms with Gasteiger partial charge in [0, 0.05) is 24.3 Å². The van der Waals surface area contributed by atoms with E-state index in [2.05, 4.69) is 20.8 Å². The van der Waals surface area contributed by atoms with Gasteiger partial charge in [-0.3, -0.25) is 14.5 Å². The van der Waals surface area contributed by atoms with Gasteiger partial charge in [-0.25, -0.2) is 8.78 Å². The molecule has 1 aliphatic rings. The highest BCUT2D eigenvalue weighted by atomic mass is 19.1. The number of imide groups is 1. The van der Waals surface area contributed by atoms with E-state index in [0.29, 0.717) is 12.1 Å². The van der Waals surface area contributed by atoms with Crippen LogP contribution in [-0.2, 0) is 15.0 Å². The standard InChI is InChI=1S/C11H14F2.C10H15NO2/c1-7-5-8(12)10(9(13)6-7)11(2,3)4;1-10(2,3)6-7-11-8(12)4-5-9(11)13/h5-6H,1-4H3;4-5H,6-7H2,1-3H3. The van der Waals surface area contributed by atoms with Crippen molar-refractivity contribution in [2.24, 2.45) is 5.41 Å². The van der Waals surface area contributed by atoms with Gasteiger partial charge in [0.15, 0.2) is 0 Å². The molecule has 0 spiro atoms. The number of aryl methyl sites for hydroxylation is 1. The number of hydrogen-bond acceptors (Lipinski definition) is 2. The molecule has 1 aliphatic heterocycles. The Labute approximate surface area is 155 Å².